The second-order valence-corrected chi connectivity index (χ2v) is 5.44. The fourth-order valence-corrected chi connectivity index (χ4v) is 2.35. The quantitative estimate of drug-likeness (QED) is 0.581. The summed E-state index contributed by atoms with van der Waals surface area (Å²) in [6.45, 7) is 0.265. The molecule has 7 nitrogen and oxygen atoms in total. The van der Waals surface area contributed by atoms with Gasteiger partial charge < -0.3 is 20.5 Å². The number of rotatable bonds is 7. The lowest BCUT2D eigenvalue weighted by Crippen LogP contribution is -2.25. The number of methoxy groups -OCH3 is 2. The molecule has 2 aromatic carbocycles. The van der Waals surface area contributed by atoms with E-state index in [1.54, 1.807) is 25.3 Å². The fourth-order valence-electron chi connectivity index (χ4n) is 2.35. The molecule has 0 saturated carbocycles. The lowest BCUT2D eigenvalue weighted by molar-refractivity contribution is -0.0756. The Bertz CT molecular complexity index is 798. The summed E-state index contributed by atoms with van der Waals surface area (Å²) in [4.78, 5) is 17.1. The molecule has 3 N–H and O–H groups in total. The molecule has 0 atom stereocenters. The molecule has 8 heteroatoms. The van der Waals surface area contributed by atoms with Gasteiger partial charge in [-0.3, -0.25) is 9.63 Å². The Morgan fingerprint density at radius 3 is 2.54 bits per heavy atom. The van der Waals surface area contributed by atoms with E-state index in [2.05, 4.69) is 5.32 Å². The predicted molar refractivity (Wildman–Crippen MR) is 96.8 cm³/mol. The minimum Gasteiger partial charge on any atom is -0.497 e. The molecule has 0 heterocycles. The van der Waals surface area contributed by atoms with Gasteiger partial charge in [-0.2, -0.15) is 0 Å². The van der Waals surface area contributed by atoms with Crippen molar-refractivity contribution < 1.29 is 23.5 Å². The van der Waals surface area contributed by atoms with E-state index in [-0.39, 0.29) is 23.5 Å². The van der Waals surface area contributed by atoms with Gasteiger partial charge in [0.25, 0.3) is 5.91 Å². The summed E-state index contributed by atoms with van der Waals surface area (Å²) in [6.07, 6.45) is 0. The number of nitrogens with zero attached hydrogens (tertiary/aromatic N) is 1. The molecular weight excluding hydrogens is 341 g/mol. The first-order valence-electron chi connectivity index (χ1n) is 7.77. The van der Waals surface area contributed by atoms with Gasteiger partial charge in [0.2, 0.25) is 0 Å². The van der Waals surface area contributed by atoms with Crippen molar-refractivity contribution in [2.45, 2.75) is 6.54 Å². The van der Waals surface area contributed by atoms with Gasteiger partial charge in [-0.15, -0.1) is 0 Å². The van der Waals surface area contributed by atoms with E-state index < -0.39 is 11.7 Å². The molecular formula is C18H22FN3O4. The van der Waals surface area contributed by atoms with E-state index >= 15 is 0 Å². The minimum atomic E-state index is -0.630. The zero-order valence-electron chi connectivity index (χ0n) is 15.1. The third-order valence-corrected chi connectivity index (χ3v) is 3.87. The normalized spacial score (nSPS) is 10.3. The number of hydrogen-bond donors (Lipinski definition) is 2. The zero-order chi connectivity index (χ0) is 19.3. The molecule has 1 amide bonds. The summed E-state index contributed by atoms with van der Waals surface area (Å²) in [6, 6.07) is 7.97. The summed E-state index contributed by atoms with van der Waals surface area (Å²) >= 11 is 0. The number of hydroxylamine groups is 2. The van der Waals surface area contributed by atoms with Crippen LogP contribution in [0.15, 0.2) is 30.3 Å². The maximum Gasteiger partial charge on any atom is 0.277 e. The SMILES string of the molecule is COc1ccc(CNc2cc(C(=O)N(C)OC)cc(N)c2F)c(OC)c1. The standard InChI is InChI=1S/C18H22FN3O4/c1-22(26-4)18(23)12-7-14(20)17(19)15(8-12)21-10-11-5-6-13(24-2)9-16(11)25-3/h5-9,21H,10,20H2,1-4H3. The summed E-state index contributed by atoms with van der Waals surface area (Å²) < 4.78 is 24.8. The van der Waals surface area contributed by atoms with E-state index in [1.165, 1.54) is 33.4 Å². The van der Waals surface area contributed by atoms with Crippen LogP contribution in [0.2, 0.25) is 0 Å². The highest BCUT2D eigenvalue weighted by atomic mass is 19.1. The molecule has 26 heavy (non-hydrogen) atoms. The molecule has 0 aromatic heterocycles. The van der Waals surface area contributed by atoms with Gasteiger partial charge in [0.05, 0.1) is 32.7 Å². The van der Waals surface area contributed by atoms with Crippen LogP contribution in [-0.2, 0) is 11.4 Å². The molecule has 2 aromatic rings. The van der Waals surface area contributed by atoms with Gasteiger partial charge in [0, 0.05) is 30.8 Å². The average Bonchev–Trinajstić information content (AvgIpc) is 2.67. The van der Waals surface area contributed by atoms with Crippen LogP contribution in [0.25, 0.3) is 0 Å². The van der Waals surface area contributed by atoms with Crippen LogP contribution >= 0.6 is 0 Å². The fraction of sp³-hybridized carbons (Fsp3) is 0.278. The van der Waals surface area contributed by atoms with Crippen molar-refractivity contribution in [1.82, 2.24) is 5.06 Å². The summed E-state index contributed by atoms with van der Waals surface area (Å²) in [5, 5.41) is 3.98. The first-order chi connectivity index (χ1) is 12.4. The highest BCUT2D eigenvalue weighted by Crippen LogP contribution is 2.28. The maximum atomic E-state index is 14.3. The van der Waals surface area contributed by atoms with Gasteiger partial charge in [0.15, 0.2) is 5.82 Å². The smallest absolute Gasteiger partial charge is 0.277 e. The van der Waals surface area contributed by atoms with E-state index in [4.69, 9.17) is 20.0 Å². The Morgan fingerprint density at radius 1 is 1.19 bits per heavy atom. The van der Waals surface area contributed by atoms with Gasteiger partial charge in [-0.05, 0) is 24.3 Å². The molecule has 0 aliphatic heterocycles. The first-order valence-corrected chi connectivity index (χ1v) is 7.77. The first kappa shape index (κ1) is 19.3. The van der Waals surface area contributed by atoms with Crippen molar-refractivity contribution in [3.05, 3.63) is 47.3 Å². The Labute approximate surface area is 151 Å². The molecule has 0 fully saturated rings. The van der Waals surface area contributed by atoms with Crippen LogP contribution in [0.4, 0.5) is 15.8 Å². The van der Waals surface area contributed by atoms with Crippen LogP contribution in [0.5, 0.6) is 11.5 Å². The second kappa shape index (κ2) is 8.39. The van der Waals surface area contributed by atoms with Crippen LogP contribution in [0, 0.1) is 5.82 Å². The molecule has 140 valence electrons. The number of benzene rings is 2. The molecule has 2 rings (SSSR count). The minimum absolute atomic E-state index is 0.107. The number of carbonyl (C=O) groups excluding carboxylic acids is 1. The highest BCUT2D eigenvalue weighted by Gasteiger charge is 2.17. The number of hydrogen-bond acceptors (Lipinski definition) is 6. The number of anilines is 2. The Kier molecular flexibility index (Phi) is 6.24. The van der Waals surface area contributed by atoms with Gasteiger partial charge in [-0.25, -0.2) is 9.45 Å². The Balaban J connectivity index is 2.27. The summed E-state index contributed by atoms with van der Waals surface area (Å²) in [7, 11) is 5.91. The van der Waals surface area contributed by atoms with E-state index in [0.717, 1.165) is 10.6 Å². The third kappa shape index (κ3) is 4.15. The number of carbonyl (C=O) groups is 1. The highest BCUT2D eigenvalue weighted by molar-refractivity contribution is 5.95. The van der Waals surface area contributed by atoms with Crippen molar-refractivity contribution in [2.75, 3.05) is 39.4 Å². The van der Waals surface area contributed by atoms with E-state index in [0.29, 0.717) is 11.5 Å². The Morgan fingerprint density at radius 2 is 1.92 bits per heavy atom. The number of ether oxygens (including phenoxy) is 2. The Hall–Kier alpha value is -3.00. The average molecular weight is 363 g/mol. The van der Waals surface area contributed by atoms with E-state index in [1.807, 2.05) is 0 Å². The van der Waals surface area contributed by atoms with Crippen molar-refractivity contribution in [1.29, 1.82) is 0 Å². The predicted octanol–water partition coefficient (Wildman–Crippen LogP) is 2.67. The molecule has 0 radical (unpaired) electrons. The molecule has 0 aliphatic carbocycles. The van der Waals surface area contributed by atoms with Crippen LogP contribution in [-0.4, -0.2) is 39.3 Å². The number of halogens is 1. The molecule has 0 unspecified atom stereocenters. The lowest BCUT2D eigenvalue weighted by atomic mass is 10.1. The second-order valence-electron chi connectivity index (χ2n) is 5.44. The summed E-state index contributed by atoms with van der Waals surface area (Å²) in [5.74, 6) is 0.172. The molecule has 0 aliphatic rings. The number of amides is 1. The van der Waals surface area contributed by atoms with Crippen LogP contribution in [0.1, 0.15) is 15.9 Å². The molecule has 0 saturated heterocycles. The number of nitrogens with one attached hydrogen (secondary N) is 1. The maximum absolute atomic E-state index is 14.3. The topological polar surface area (TPSA) is 86.0 Å². The van der Waals surface area contributed by atoms with E-state index in [9.17, 15) is 9.18 Å². The molecule has 0 bridgehead atoms. The van der Waals surface area contributed by atoms with Crippen LogP contribution < -0.4 is 20.5 Å². The van der Waals surface area contributed by atoms with Crippen molar-refractivity contribution in [3.8, 4) is 11.5 Å². The van der Waals surface area contributed by atoms with Crippen molar-refractivity contribution in [2.24, 2.45) is 0 Å². The van der Waals surface area contributed by atoms with Gasteiger partial charge in [-0.1, -0.05) is 0 Å². The molecule has 0 spiro atoms. The number of nitrogen functional groups attached to an aromatic ring is 1. The lowest BCUT2D eigenvalue weighted by Gasteiger charge is -2.17. The van der Waals surface area contributed by atoms with Gasteiger partial charge in [0.1, 0.15) is 11.5 Å². The van der Waals surface area contributed by atoms with Crippen molar-refractivity contribution in [3.63, 3.8) is 0 Å². The third-order valence-electron chi connectivity index (χ3n) is 3.87. The van der Waals surface area contributed by atoms with Crippen LogP contribution in [0.3, 0.4) is 0 Å². The summed E-state index contributed by atoms with van der Waals surface area (Å²) in [5.41, 5.74) is 6.66. The van der Waals surface area contributed by atoms with Crippen molar-refractivity contribution >= 4 is 17.3 Å². The largest absolute Gasteiger partial charge is 0.497 e. The number of nitrogens with two attached hydrogens (primary N) is 1. The monoisotopic (exact) mass is 363 g/mol. The zero-order valence-corrected chi connectivity index (χ0v) is 15.1. The van der Waals surface area contributed by atoms with Gasteiger partial charge >= 0.3 is 0 Å².